The quantitative estimate of drug-likeness (QED) is 0.376. The van der Waals surface area contributed by atoms with Gasteiger partial charge in [0, 0.05) is 5.02 Å². The molecule has 3 N–H and O–H groups in total. The largest absolute Gasteiger partial charge is 0.495 e. The first kappa shape index (κ1) is 23.8. The highest BCUT2D eigenvalue weighted by molar-refractivity contribution is 7.99. The molecule has 0 atom stereocenters. The molecule has 0 saturated carbocycles. The van der Waals surface area contributed by atoms with Crippen molar-refractivity contribution < 1.29 is 17.9 Å². The van der Waals surface area contributed by atoms with Gasteiger partial charge in [-0.1, -0.05) is 29.4 Å². The first-order valence-electron chi connectivity index (χ1n) is 9.33. The number of carbonyl (C=O) groups is 1. The third kappa shape index (κ3) is 5.32. The number of hydrogen-bond donors (Lipinski definition) is 2. The number of carbonyl (C=O) groups excluding carboxylic acids is 1. The van der Waals surface area contributed by atoms with Crippen molar-refractivity contribution in [2.45, 2.75) is 28.8 Å². The minimum absolute atomic E-state index is 0.0294. The van der Waals surface area contributed by atoms with Crippen molar-refractivity contribution in [1.82, 2.24) is 9.97 Å². The molecular formula is C21H21ClN4O4S2. The van der Waals surface area contributed by atoms with Gasteiger partial charge in [0.15, 0.2) is 5.16 Å². The number of nitrogens with two attached hydrogens (primary N) is 1. The number of rotatable bonds is 7. The SMILES string of the molecule is COc1ccc(Cl)cc1NC(=O)CSc1ncc(S(=O)(=O)c2ccc(C)c(C)c2)c(N)n1. The minimum atomic E-state index is -3.87. The van der Waals surface area contributed by atoms with Gasteiger partial charge in [0.2, 0.25) is 15.7 Å². The average Bonchev–Trinajstić information content (AvgIpc) is 2.74. The van der Waals surface area contributed by atoms with E-state index in [0.717, 1.165) is 29.1 Å². The summed E-state index contributed by atoms with van der Waals surface area (Å²) in [7, 11) is -2.39. The highest BCUT2D eigenvalue weighted by Crippen LogP contribution is 2.29. The van der Waals surface area contributed by atoms with Crippen LogP contribution in [0.5, 0.6) is 5.75 Å². The van der Waals surface area contributed by atoms with E-state index < -0.39 is 9.84 Å². The summed E-state index contributed by atoms with van der Waals surface area (Å²) >= 11 is 6.98. The van der Waals surface area contributed by atoms with Crippen molar-refractivity contribution in [2.75, 3.05) is 23.9 Å². The molecule has 8 nitrogen and oxygen atoms in total. The molecule has 168 valence electrons. The first-order chi connectivity index (χ1) is 15.1. The molecular weight excluding hydrogens is 472 g/mol. The number of ether oxygens (including phenoxy) is 1. The molecule has 0 aliphatic carbocycles. The van der Waals surface area contributed by atoms with E-state index in [1.165, 1.54) is 13.2 Å². The lowest BCUT2D eigenvalue weighted by Gasteiger charge is -2.11. The van der Waals surface area contributed by atoms with Gasteiger partial charge in [0.1, 0.15) is 16.5 Å². The third-order valence-corrected chi connectivity index (χ3v) is 7.47. The van der Waals surface area contributed by atoms with E-state index in [0.29, 0.717) is 16.5 Å². The zero-order chi connectivity index (χ0) is 23.5. The molecule has 0 saturated heterocycles. The van der Waals surface area contributed by atoms with Crippen LogP contribution in [0.3, 0.4) is 0 Å². The van der Waals surface area contributed by atoms with E-state index in [-0.39, 0.29) is 32.4 Å². The molecule has 1 amide bonds. The fourth-order valence-electron chi connectivity index (χ4n) is 2.75. The summed E-state index contributed by atoms with van der Waals surface area (Å²) in [6, 6.07) is 9.70. The van der Waals surface area contributed by atoms with Gasteiger partial charge < -0.3 is 15.8 Å². The molecule has 0 aliphatic heterocycles. The molecule has 0 spiro atoms. The Morgan fingerprint density at radius 2 is 1.94 bits per heavy atom. The maximum atomic E-state index is 12.9. The molecule has 0 fully saturated rings. The number of nitrogens with zero attached hydrogens (tertiary/aromatic N) is 2. The number of aryl methyl sites for hydroxylation is 2. The Hall–Kier alpha value is -2.82. The summed E-state index contributed by atoms with van der Waals surface area (Å²) in [6.07, 6.45) is 1.16. The van der Waals surface area contributed by atoms with Gasteiger partial charge in [-0.3, -0.25) is 4.79 Å². The van der Waals surface area contributed by atoms with Crippen LogP contribution >= 0.6 is 23.4 Å². The molecule has 0 unspecified atom stereocenters. The zero-order valence-electron chi connectivity index (χ0n) is 17.5. The predicted molar refractivity (Wildman–Crippen MR) is 125 cm³/mol. The minimum Gasteiger partial charge on any atom is -0.495 e. The fourth-order valence-corrected chi connectivity index (χ4v) is 4.89. The van der Waals surface area contributed by atoms with E-state index in [1.54, 1.807) is 30.3 Å². The van der Waals surface area contributed by atoms with Crippen molar-refractivity contribution in [1.29, 1.82) is 0 Å². The summed E-state index contributed by atoms with van der Waals surface area (Å²) in [6.45, 7) is 3.73. The van der Waals surface area contributed by atoms with Crippen LogP contribution in [-0.4, -0.2) is 37.2 Å². The molecule has 1 heterocycles. The maximum Gasteiger partial charge on any atom is 0.234 e. The summed E-state index contributed by atoms with van der Waals surface area (Å²) in [5, 5.41) is 3.33. The number of halogens is 1. The Labute approximate surface area is 195 Å². The summed E-state index contributed by atoms with van der Waals surface area (Å²) in [5.74, 6) is -0.0883. The van der Waals surface area contributed by atoms with Gasteiger partial charge in [0.25, 0.3) is 0 Å². The van der Waals surface area contributed by atoms with Crippen molar-refractivity contribution >= 4 is 50.6 Å². The van der Waals surface area contributed by atoms with Crippen LogP contribution in [0.2, 0.25) is 5.02 Å². The maximum absolute atomic E-state index is 12.9. The number of aromatic nitrogens is 2. The topological polar surface area (TPSA) is 124 Å². The second-order valence-electron chi connectivity index (χ2n) is 6.83. The van der Waals surface area contributed by atoms with Gasteiger partial charge >= 0.3 is 0 Å². The first-order valence-corrected chi connectivity index (χ1v) is 12.2. The number of anilines is 2. The summed E-state index contributed by atoms with van der Waals surface area (Å²) in [4.78, 5) is 20.4. The number of sulfone groups is 1. The number of hydrogen-bond acceptors (Lipinski definition) is 8. The Bertz CT molecular complexity index is 1280. The molecule has 11 heteroatoms. The second kappa shape index (κ2) is 9.76. The Balaban J connectivity index is 1.72. The van der Waals surface area contributed by atoms with Gasteiger partial charge in [-0.05, 0) is 55.3 Å². The predicted octanol–water partition coefficient (Wildman–Crippen LogP) is 3.90. The number of amides is 1. The lowest BCUT2D eigenvalue weighted by molar-refractivity contribution is -0.113. The molecule has 2 aromatic carbocycles. The molecule has 3 aromatic rings. The van der Waals surface area contributed by atoms with Crippen molar-refractivity contribution in [3.63, 3.8) is 0 Å². The van der Waals surface area contributed by atoms with Crippen LogP contribution in [0.25, 0.3) is 0 Å². The van der Waals surface area contributed by atoms with Crippen LogP contribution < -0.4 is 15.8 Å². The smallest absolute Gasteiger partial charge is 0.234 e. The molecule has 0 bridgehead atoms. The summed E-state index contributed by atoms with van der Waals surface area (Å²) < 4.78 is 31.1. The fraction of sp³-hybridized carbons (Fsp3) is 0.190. The normalized spacial score (nSPS) is 11.2. The zero-order valence-corrected chi connectivity index (χ0v) is 19.9. The van der Waals surface area contributed by atoms with E-state index in [4.69, 9.17) is 22.1 Å². The summed E-state index contributed by atoms with van der Waals surface area (Å²) in [5.41, 5.74) is 8.18. The highest BCUT2D eigenvalue weighted by atomic mass is 35.5. The average molecular weight is 493 g/mol. The molecule has 0 radical (unpaired) electrons. The van der Waals surface area contributed by atoms with Crippen LogP contribution in [0.15, 0.2) is 57.5 Å². The number of methoxy groups -OCH3 is 1. The van der Waals surface area contributed by atoms with Crippen LogP contribution in [0.4, 0.5) is 11.5 Å². The Morgan fingerprint density at radius 1 is 1.19 bits per heavy atom. The monoisotopic (exact) mass is 492 g/mol. The second-order valence-corrected chi connectivity index (χ2v) is 10.1. The number of benzene rings is 2. The van der Waals surface area contributed by atoms with E-state index >= 15 is 0 Å². The van der Waals surface area contributed by atoms with Crippen LogP contribution in [0, 0.1) is 13.8 Å². The number of thioether (sulfide) groups is 1. The number of nitrogens with one attached hydrogen (secondary N) is 1. The lowest BCUT2D eigenvalue weighted by atomic mass is 10.1. The molecule has 0 aliphatic rings. The van der Waals surface area contributed by atoms with Crippen molar-refractivity contribution in [3.8, 4) is 5.75 Å². The van der Waals surface area contributed by atoms with Gasteiger partial charge in [-0.25, -0.2) is 18.4 Å². The van der Waals surface area contributed by atoms with Crippen molar-refractivity contribution in [3.05, 3.63) is 58.7 Å². The molecule has 32 heavy (non-hydrogen) atoms. The van der Waals surface area contributed by atoms with E-state index in [2.05, 4.69) is 15.3 Å². The van der Waals surface area contributed by atoms with Gasteiger partial charge in [0.05, 0.1) is 29.6 Å². The highest BCUT2D eigenvalue weighted by Gasteiger charge is 2.23. The molecule has 1 aromatic heterocycles. The Kier molecular flexibility index (Phi) is 7.27. The van der Waals surface area contributed by atoms with E-state index in [9.17, 15) is 13.2 Å². The molecule has 3 rings (SSSR count). The lowest BCUT2D eigenvalue weighted by Crippen LogP contribution is -2.15. The van der Waals surface area contributed by atoms with Crippen LogP contribution in [0.1, 0.15) is 11.1 Å². The van der Waals surface area contributed by atoms with Crippen LogP contribution in [-0.2, 0) is 14.6 Å². The Morgan fingerprint density at radius 3 is 2.59 bits per heavy atom. The van der Waals surface area contributed by atoms with Crippen molar-refractivity contribution in [2.24, 2.45) is 0 Å². The number of nitrogen functional groups attached to an aromatic ring is 1. The van der Waals surface area contributed by atoms with E-state index in [1.807, 2.05) is 13.8 Å². The van der Waals surface area contributed by atoms with Gasteiger partial charge in [-0.15, -0.1) is 0 Å². The van der Waals surface area contributed by atoms with Gasteiger partial charge in [-0.2, -0.15) is 0 Å². The third-order valence-electron chi connectivity index (χ3n) is 4.61. The standard InChI is InChI=1S/C21H21ClN4O4S2/c1-12-4-6-15(8-13(12)2)32(28,29)18-10-24-21(26-20(18)23)31-11-19(27)25-16-9-14(22)5-7-17(16)30-3/h4-10H,11H2,1-3H3,(H,25,27)(H2,23,24,26).